The van der Waals surface area contributed by atoms with Gasteiger partial charge in [-0.05, 0) is 36.8 Å². The van der Waals surface area contributed by atoms with Gasteiger partial charge in [0.15, 0.2) is 0 Å². The fraction of sp³-hybridized carbons (Fsp3) is 0.571. The summed E-state index contributed by atoms with van der Waals surface area (Å²) >= 11 is 12.1. The molecule has 7 heteroatoms. The third-order valence-electron chi connectivity index (χ3n) is 4.01. The van der Waals surface area contributed by atoms with Crippen LogP contribution in [0.5, 0.6) is 0 Å². The first kappa shape index (κ1) is 17.0. The molecule has 0 saturated heterocycles. The van der Waals surface area contributed by atoms with Crippen molar-refractivity contribution in [3.05, 3.63) is 27.7 Å². The Morgan fingerprint density at radius 2 is 2.05 bits per heavy atom. The van der Waals surface area contributed by atoms with E-state index in [9.17, 15) is 8.42 Å². The first-order valence-electron chi connectivity index (χ1n) is 7.01. The van der Waals surface area contributed by atoms with E-state index in [0.29, 0.717) is 29.0 Å². The molecule has 2 rings (SSSR count). The number of sulfonamides is 1. The highest BCUT2D eigenvalue weighted by atomic mass is 35.5. The fourth-order valence-electron chi connectivity index (χ4n) is 2.79. The van der Waals surface area contributed by atoms with Crippen molar-refractivity contribution < 1.29 is 8.42 Å². The second-order valence-electron chi connectivity index (χ2n) is 5.68. The third kappa shape index (κ3) is 3.90. The smallest absolute Gasteiger partial charge is 0.242 e. The Hall–Kier alpha value is -0.330. The average Bonchev–Trinajstić information content (AvgIpc) is 2.83. The first-order chi connectivity index (χ1) is 9.85. The van der Waals surface area contributed by atoms with Crippen molar-refractivity contribution in [3.63, 3.8) is 0 Å². The molecule has 0 heterocycles. The third-order valence-corrected chi connectivity index (χ3v) is 6.37. The maximum absolute atomic E-state index is 12.4. The van der Waals surface area contributed by atoms with Gasteiger partial charge in [-0.2, -0.15) is 0 Å². The van der Waals surface area contributed by atoms with Gasteiger partial charge in [0.1, 0.15) is 4.90 Å². The number of rotatable bonds is 5. The van der Waals surface area contributed by atoms with E-state index < -0.39 is 10.0 Å². The first-order valence-corrected chi connectivity index (χ1v) is 9.25. The van der Waals surface area contributed by atoms with Crippen LogP contribution in [0.25, 0.3) is 0 Å². The number of nitrogens with two attached hydrogens (primary N) is 1. The molecule has 0 spiro atoms. The molecule has 3 N–H and O–H groups in total. The topological polar surface area (TPSA) is 72.2 Å². The Labute approximate surface area is 136 Å². The lowest BCUT2D eigenvalue weighted by Gasteiger charge is -2.14. The van der Waals surface area contributed by atoms with Gasteiger partial charge in [0.25, 0.3) is 0 Å². The van der Waals surface area contributed by atoms with Gasteiger partial charge in [0, 0.05) is 23.7 Å². The molecule has 0 amide bonds. The summed E-state index contributed by atoms with van der Waals surface area (Å²) in [5, 5.41) is 0.489. The highest BCUT2D eigenvalue weighted by Crippen LogP contribution is 2.32. The zero-order valence-corrected chi connectivity index (χ0v) is 14.2. The number of hydrogen-bond acceptors (Lipinski definition) is 3. The van der Waals surface area contributed by atoms with Gasteiger partial charge in [-0.15, -0.1) is 0 Å². The fourth-order valence-corrected chi connectivity index (χ4v) is 4.83. The Bertz CT molecular complexity index is 620. The second-order valence-corrected chi connectivity index (χ2v) is 8.20. The summed E-state index contributed by atoms with van der Waals surface area (Å²) in [7, 11) is -3.64. The van der Waals surface area contributed by atoms with Crippen LogP contribution >= 0.6 is 23.2 Å². The van der Waals surface area contributed by atoms with E-state index in [1.54, 1.807) is 0 Å². The summed E-state index contributed by atoms with van der Waals surface area (Å²) < 4.78 is 27.4. The quantitative estimate of drug-likeness (QED) is 0.856. The molecular formula is C14H20Cl2N2O2S. The van der Waals surface area contributed by atoms with Gasteiger partial charge in [0.2, 0.25) is 10.0 Å². The molecule has 1 fully saturated rings. The molecule has 2 atom stereocenters. The van der Waals surface area contributed by atoms with E-state index in [-0.39, 0.29) is 16.5 Å². The van der Waals surface area contributed by atoms with Crippen molar-refractivity contribution in [1.29, 1.82) is 0 Å². The van der Waals surface area contributed by atoms with Crippen LogP contribution in [-0.4, -0.2) is 15.0 Å². The van der Waals surface area contributed by atoms with E-state index in [1.165, 1.54) is 12.1 Å². The Morgan fingerprint density at radius 1 is 1.33 bits per heavy atom. The SMILES string of the molecule is CC1CCC(CNS(=O)(=O)c2ccc(Cl)c(CN)c2Cl)C1. The molecule has 0 aliphatic heterocycles. The molecular weight excluding hydrogens is 331 g/mol. The minimum Gasteiger partial charge on any atom is -0.326 e. The Balaban J connectivity index is 2.16. The minimum atomic E-state index is -3.64. The summed E-state index contributed by atoms with van der Waals surface area (Å²) in [4.78, 5) is 0.0417. The summed E-state index contributed by atoms with van der Waals surface area (Å²) in [6.45, 7) is 2.74. The van der Waals surface area contributed by atoms with Crippen molar-refractivity contribution in [3.8, 4) is 0 Å². The van der Waals surface area contributed by atoms with Gasteiger partial charge in [-0.25, -0.2) is 13.1 Å². The van der Waals surface area contributed by atoms with E-state index in [1.807, 2.05) is 0 Å². The lowest BCUT2D eigenvalue weighted by molar-refractivity contribution is 0.498. The van der Waals surface area contributed by atoms with Crippen LogP contribution in [0.4, 0.5) is 0 Å². The molecule has 2 unspecified atom stereocenters. The van der Waals surface area contributed by atoms with Crippen LogP contribution in [0.2, 0.25) is 10.0 Å². The normalized spacial score (nSPS) is 22.7. The van der Waals surface area contributed by atoms with Crippen molar-refractivity contribution in [2.45, 2.75) is 37.6 Å². The molecule has 0 radical (unpaired) electrons. The number of hydrogen-bond donors (Lipinski definition) is 2. The molecule has 0 bridgehead atoms. The monoisotopic (exact) mass is 350 g/mol. The highest BCUT2D eigenvalue weighted by Gasteiger charge is 2.25. The standard InChI is InChI=1S/C14H20Cl2N2O2S/c1-9-2-3-10(6-9)8-18-21(19,20)13-5-4-12(15)11(7-17)14(13)16/h4-5,9-10,18H,2-3,6-8,17H2,1H3. The number of benzene rings is 1. The van der Waals surface area contributed by atoms with Crippen molar-refractivity contribution in [2.24, 2.45) is 17.6 Å². The molecule has 1 aromatic rings. The predicted molar refractivity (Wildman–Crippen MR) is 86.0 cm³/mol. The van der Waals surface area contributed by atoms with E-state index >= 15 is 0 Å². The summed E-state index contributed by atoms with van der Waals surface area (Å²) in [5.41, 5.74) is 6.02. The zero-order chi connectivity index (χ0) is 15.6. The average molecular weight is 351 g/mol. The Morgan fingerprint density at radius 3 is 2.62 bits per heavy atom. The van der Waals surface area contributed by atoms with E-state index in [0.717, 1.165) is 19.3 Å². The molecule has 1 aliphatic rings. The van der Waals surface area contributed by atoms with Gasteiger partial charge >= 0.3 is 0 Å². The number of halogens is 2. The second kappa shape index (κ2) is 6.84. The van der Waals surface area contributed by atoms with E-state index in [2.05, 4.69) is 11.6 Å². The van der Waals surface area contributed by atoms with Crippen molar-refractivity contribution in [1.82, 2.24) is 4.72 Å². The lowest BCUT2D eigenvalue weighted by Crippen LogP contribution is -2.29. The maximum Gasteiger partial charge on any atom is 0.242 e. The van der Waals surface area contributed by atoms with Crippen LogP contribution < -0.4 is 10.5 Å². The molecule has 4 nitrogen and oxygen atoms in total. The number of nitrogens with one attached hydrogen (secondary N) is 1. The van der Waals surface area contributed by atoms with E-state index in [4.69, 9.17) is 28.9 Å². The summed E-state index contributed by atoms with van der Waals surface area (Å²) in [6, 6.07) is 2.94. The lowest BCUT2D eigenvalue weighted by atomic mass is 10.1. The van der Waals surface area contributed by atoms with Crippen LogP contribution in [0, 0.1) is 11.8 Å². The summed E-state index contributed by atoms with van der Waals surface area (Å²) in [5.74, 6) is 1.07. The van der Waals surface area contributed by atoms with Crippen LogP contribution in [0.1, 0.15) is 31.7 Å². The van der Waals surface area contributed by atoms with Gasteiger partial charge in [-0.1, -0.05) is 36.5 Å². The highest BCUT2D eigenvalue weighted by molar-refractivity contribution is 7.89. The molecule has 1 aromatic carbocycles. The Kier molecular flexibility index (Phi) is 5.54. The van der Waals surface area contributed by atoms with Crippen LogP contribution in [0.3, 0.4) is 0 Å². The predicted octanol–water partition coefficient (Wildman–Crippen LogP) is 3.17. The van der Waals surface area contributed by atoms with Crippen LogP contribution in [0.15, 0.2) is 17.0 Å². The van der Waals surface area contributed by atoms with Crippen molar-refractivity contribution >= 4 is 33.2 Å². The van der Waals surface area contributed by atoms with Crippen LogP contribution in [-0.2, 0) is 16.6 Å². The molecule has 0 aromatic heterocycles. The molecule has 1 saturated carbocycles. The molecule has 1 aliphatic carbocycles. The largest absolute Gasteiger partial charge is 0.326 e. The van der Waals surface area contributed by atoms with Gasteiger partial charge in [-0.3, -0.25) is 0 Å². The molecule has 21 heavy (non-hydrogen) atoms. The molecule has 118 valence electrons. The van der Waals surface area contributed by atoms with Gasteiger partial charge in [0.05, 0.1) is 5.02 Å². The van der Waals surface area contributed by atoms with Crippen molar-refractivity contribution in [2.75, 3.05) is 6.54 Å². The summed E-state index contributed by atoms with van der Waals surface area (Å²) in [6.07, 6.45) is 3.28. The maximum atomic E-state index is 12.4. The minimum absolute atomic E-state index is 0.0417. The zero-order valence-electron chi connectivity index (χ0n) is 11.9. The van der Waals surface area contributed by atoms with Gasteiger partial charge < -0.3 is 5.73 Å².